The Balaban J connectivity index is 1.53. The molecule has 0 aliphatic rings. The van der Waals surface area contributed by atoms with Gasteiger partial charge in [0.2, 0.25) is 0 Å². The van der Waals surface area contributed by atoms with Crippen LogP contribution < -0.4 is 18.9 Å². The SMILES string of the molecule is COc1cc2[nH]c(SCc3nccc(OC)c3OCc3ccccc3)nc2cc1OC(F)F. The lowest BCUT2D eigenvalue weighted by Crippen LogP contribution is -2.03. The number of hydrogen-bond donors (Lipinski definition) is 1. The van der Waals surface area contributed by atoms with Crippen molar-refractivity contribution in [1.29, 1.82) is 0 Å². The number of hydrogen-bond acceptors (Lipinski definition) is 7. The fourth-order valence-electron chi connectivity index (χ4n) is 3.17. The molecule has 7 nitrogen and oxygen atoms in total. The van der Waals surface area contributed by atoms with Crippen LogP contribution in [0.5, 0.6) is 23.0 Å². The summed E-state index contributed by atoms with van der Waals surface area (Å²) < 4.78 is 46.5. The number of fused-ring (bicyclic) bond motifs is 1. The van der Waals surface area contributed by atoms with Crippen LogP contribution in [0.1, 0.15) is 11.3 Å². The number of aromatic amines is 1. The molecule has 172 valence electrons. The number of thioether (sulfide) groups is 1. The van der Waals surface area contributed by atoms with Crippen LogP contribution in [0.2, 0.25) is 0 Å². The highest BCUT2D eigenvalue weighted by molar-refractivity contribution is 7.98. The van der Waals surface area contributed by atoms with Crippen molar-refractivity contribution < 1.29 is 27.7 Å². The lowest BCUT2D eigenvalue weighted by molar-refractivity contribution is -0.0511. The zero-order valence-corrected chi connectivity index (χ0v) is 18.7. The molecule has 4 aromatic rings. The van der Waals surface area contributed by atoms with Crippen LogP contribution in [0.15, 0.2) is 59.9 Å². The molecule has 0 aliphatic carbocycles. The second kappa shape index (κ2) is 10.4. The number of benzene rings is 2. The van der Waals surface area contributed by atoms with Gasteiger partial charge in [0.15, 0.2) is 28.2 Å². The molecule has 0 amide bonds. The fraction of sp³-hybridized carbons (Fsp3) is 0.217. The molecule has 0 fully saturated rings. The summed E-state index contributed by atoms with van der Waals surface area (Å²) in [6, 6.07) is 14.5. The molecule has 0 saturated heterocycles. The van der Waals surface area contributed by atoms with E-state index in [0.29, 0.717) is 45.7 Å². The minimum absolute atomic E-state index is 0.0749. The Morgan fingerprint density at radius 3 is 2.52 bits per heavy atom. The first-order valence-electron chi connectivity index (χ1n) is 9.91. The fourth-order valence-corrected chi connectivity index (χ4v) is 3.99. The summed E-state index contributed by atoms with van der Waals surface area (Å²) in [5.74, 6) is 1.70. The molecule has 0 radical (unpaired) electrons. The van der Waals surface area contributed by atoms with Crippen molar-refractivity contribution >= 4 is 22.8 Å². The molecule has 0 unspecified atom stereocenters. The lowest BCUT2D eigenvalue weighted by atomic mass is 10.2. The molecule has 0 spiro atoms. The monoisotopic (exact) mass is 473 g/mol. The van der Waals surface area contributed by atoms with E-state index in [-0.39, 0.29) is 11.5 Å². The van der Waals surface area contributed by atoms with Gasteiger partial charge in [-0.15, -0.1) is 0 Å². The predicted octanol–water partition coefficient (Wildman–Crippen LogP) is 5.45. The maximum absolute atomic E-state index is 12.7. The summed E-state index contributed by atoms with van der Waals surface area (Å²) in [6.45, 7) is -2.59. The average Bonchev–Trinajstić information content (AvgIpc) is 3.22. The minimum atomic E-state index is -2.96. The largest absolute Gasteiger partial charge is 0.493 e. The molecule has 4 rings (SSSR count). The van der Waals surface area contributed by atoms with E-state index in [1.807, 2.05) is 30.3 Å². The molecule has 1 N–H and O–H groups in total. The molecule has 2 aromatic carbocycles. The van der Waals surface area contributed by atoms with Gasteiger partial charge in [-0.25, -0.2) is 4.98 Å². The van der Waals surface area contributed by atoms with Crippen molar-refractivity contribution in [3.05, 3.63) is 66.0 Å². The highest BCUT2D eigenvalue weighted by Crippen LogP contribution is 2.36. The Morgan fingerprint density at radius 2 is 1.79 bits per heavy atom. The molecule has 2 heterocycles. The molecule has 33 heavy (non-hydrogen) atoms. The van der Waals surface area contributed by atoms with E-state index in [9.17, 15) is 8.78 Å². The average molecular weight is 474 g/mol. The maximum atomic E-state index is 12.7. The van der Waals surface area contributed by atoms with Crippen LogP contribution in [-0.4, -0.2) is 35.8 Å². The molecular formula is C23H21F2N3O4S. The van der Waals surface area contributed by atoms with Gasteiger partial charge in [-0.2, -0.15) is 8.78 Å². The third-order valence-corrected chi connectivity index (χ3v) is 5.58. The number of H-pyrrole nitrogens is 1. The van der Waals surface area contributed by atoms with Gasteiger partial charge in [0.1, 0.15) is 6.61 Å². The van der Waals surface area contributed by atoms with Crippen molar-refractivity contribution in [3.63, 3.8) is 0 Å². The second-order valence-electron chi connectivity index (χ2n) is 6.79. The van der Waals surface area contributed by atoms with Crippen LogP contribution >= 0.6 is 11.8 Å². The normalized spacial score (nSPS) is 11.1. The highest BCUT2D eigenvalue weighted by atomic mass is 32.2. The molecule has 0 saturated carbocycles. The van der Waals surface area contributed by atoms with Crippen molar-refractivity contribution in [2.45, 2.75) is 24.1 Å². The number of nitrogens with zero attached hydrogens (tertiary/aromatic N) is 2. The summed E-state index contributed by atoms with van der Waals surface area (Å²) >= 11 is 1.39. The van der Waals surface area contributed by atoms with E-state index in [0.717, 1.165) is 5.56 Å². The third kappa shape index (κ3) is 5.46. The van der Waals surface area contributed by atoms with Crippen molar-refractivity contribution in [2.75, 3.05) is 14.2 Å². The van der Waals surface area contributed by atoms with E-state index in [4.69, 9.17) is 14.2 Å². The number of pyridine rings is 1. The zero-order valence-electron chi connectivity index (χ0n) is 17.9. The number of aromatic nitrogens is 3. The van der Waals surface area contributed by atoms with Crippen molar-refractivity contribution in [1.82, 2.24) is 15.0 Å². The van der Waals surface area contributed by atoms with Crippen molar-refractivity contribution in [2.24, 2.45) is 0 Å². The first-order valence-corrected chi connectivity index (χ1v) is 10.9. The Kier molecular flexibility index (Phi) is 7.13. The van der Waals surface area contributed by atoms with Crippen LogP contribution in [0.25, 0.3) is 11.0 Å². The summed E-state index contributed by atoms with van der Waals surface area (Å²) in [6.07, 6.45) is 1.65. The van der Waals surface area contributed by atoms with Gasteiger partial charge >= 0.3 is 6.61 Å². The standard InChI is InChI=1S/C23H21F2N3O4S/c1-29-18-8-9-26-17(21(18)31-12-14-6-4-3-5-7-14)13-33-23-27-15-10-19(30-2)20(32-22(24)25)11-16(15)28-23/h3-11,22H,12-13H2,1-2H3,(H,27,28). The molecule has 2 aromatic heterocycles. The quantitative estimate of drug-likeness (QED) is 0.307. The first-order chi connectivity index (χ1) is 16.1. The number of methoxy groups -OCH3 is 2. The molecule has 0 aliphatic heterocycles. The molecule has 0 bridgehead atoms. The van der Waals surface area contributed by atoms with Crippen LogP contribution in [0, 0.1) is 0 Å². The van der Waals surface area contributed by atoms with E-state index in [2.05, 4.69) is 19.7 Å². The molecule has 10 heteroatoms. The summed E-state index contributed by atoms with van der Waals surface area (Å²) in [5, 5.41) is 0.583. The number of alkyl halides is 2. The highest BCUT2D eigenvalue weighted by Gasteiger charge is 2.17. The Morgan fingerprint density at radius 1 is 1.00 bits per heavy atom. The third-order valence-electron chi connectivity index (χ3n) is 4.70. The predicted molar refractivity (Wildman–Crippen MR) is 120 cm³/mol. The molecule has 0 atom stereocenters. The smallest absolute Gasteiger partial charge is 0.387 e. The van der Waals surface area contributed by atoms with Gasteiger partial charge in [-0.05, 0) is 5.56 Å². The van der Waals surface area contributed by atoms with Gasteiger partial charge in [-0.1, -0.05) is 42.1 Å². The van der Waals surface area contributed by atoms with E-state index >= 15 is 0 Å². The second-order valence-corrected chi connectivity index (χ2v) is 7.76. The Labute approximate surface area is 193 Å². The van der Waals surface area contributed by atoms with Gasteiger partial charge in [0.05, 0.1) is 30.9 Å². The van der Waals surface area contributed by atoms with Gasteiger partial charge < -0.3 is 23.9 Å². The summed E-state index contributed by atoms with van der Waals surface area (Å²) in [7, 11) is 2.96. The Hall–Kier alpha value is -3.53. The number of imidazole rings is 1. The number of rotatable bonds is 10. The summed E-state index contributed by atoms with van der Waals surface area (Å²) in [4.78, 5) is 12.1. The zero-order chi connectivity index (χ0) is 23.2. The van der Waals surface area contributed by atoms with Crippen LogP contribution in [-0.2, 0) is 12.4 Å². The topological polar surface area (TPSA) is 78.5 Å². The lowest BCUT2D eigenvalue weighted by Gasteiger charge is -2.14. The van der Waals surface area contributed by atoms with E-state index in [1.54, 1.807) is 25.4 Å². The summed E-state index contributed by atoms with van der Waals surface area (Å²) in [5.41, 5.74) is 2.83. The van der Waals surface area contributed by atoms with Gasteiger partial charge in [0.25, 0.3) is 0 Å². The van der Waals surface area contributed by atoms with Crippen LogP contribution in [0.3, 0.4) is 0 Å². The van der Waals surface area contributed by atoms with Crippen molar-refractivity contribution in [3.8, 4) is 23.0 Å². The van der Waals surface area contributed by atoms with Gasteiger partial charge in [-0.3, -0.25) is 4.98 Å². The first kappa shape index (κ1) is 22.7. The number of nitrogens with one attached hydrogen (secondary N) is 1. The number of ether oxygens (including phenoxy) is 4. The molecular weight excluding hydrogens is 452 g/mol. The van der Waals surface area contributed by atoms with E-state index in [1.165, 1.54) is 24.9 Å². The minimum Gasteiger partial charge on any atom is -0.493 e. The van der Waals surface area contributed by atoms with Gasteiger partial charge in [0, 0.05) is 30.1 Å². The Bertz CT molecular complexity index is 1220. The maximum Gasteiger partial charge on any atom is 0.387 e. The number of halogens is 2. The van der Waals surface area contributed by atoms with Crippen LogP contribution in [0.4, 0.5) is 8.78 Å². The van der Waals surface area contributed by atoms with E-state index < -0.39 is 6.61 Å².